The van der Waals surface area contributed by atoms with Crippen LogP contribution in [0.15, 0.2) is 0 Å². The lowest BCUT2D eigenvalue weighted by molar-refractivity contribution is -0.218. The van der Waals surface area contributed by atoms with Gasteiger partial charge in [-0.05, 0) is 254 Å². The van der Waals surface area contributed by atoms with E-state index in [4.69, 9.17) is 79.4 Å². The summed E-state index contributed by atoms with van der Waals surface area (Å²) in [6.07, 6.45) is 16.2. The molecule has 37 nitrogen and oxygen atoms in total. The van der Waals surface area contributed by atoms with E-state index in [-0.39, 0.29) is 143 Å². The van der Waals surface area contributed by atoms with Gasteiger partial charge in [-0.15, -0.1) is 0 Å². The quantitative estimate of drug-likeness (QED) is 0.0304. The molecule has 0 aromatic carbocycles. The Morgan fingerprint density at radius 2 is 0.913 bits per heavy atom. The van der Waals surface area contributed by atoms with E-state index in [1.807, 2.05) is 61.5 Å². The minimum Gasteiger partial charge on any atom is -0.459 e. The van der Waals surface area contributed by atoms with Gasteiger partial charge in [0.2, 0.25) is 0 Å². The van der Waals surface area contributed by atoms with E-state index < -0.39 is 204 Å². The second kappa shape index (κ2) is 40.6. The van der Waals surface area contributed by atoms with Crippen molar-refractivity contribution in [2.45, 2.75) is 398 Å². The Balaban J connectivity index is 0.000000117. The van der Waals surface area contributed by atoms with Crippen LogP contribution in [0.4, 0.5) is 0 Å². The molecule has 0 aromatic rings. The highest BCUT2D eigenvalue weighted by molar-refractivity contribution is 7.87. The van der Waals surface area contributed by atoms with Gasteiger partial charge in [0.25, 0.3) is 20.2 Å². The minimum absolute atomic E-state index is 0.0368. The fourth-order valence-electron chi connectivity index (χ4n) is 32.3. The Morgan fingerprint density at radius 1 is 0.423 bits per heavy atom. The van der Waals surface area contributed by atoms with Gasteiger partial charge in [-0.25, -0.2) is 9.59 Å². The number of carbonyl (C=O) groups is 14. The molecule has 17 aliphatic carbocycles. The summed E-state index contributed by atoms with van der Waals surface area (Å²) in [5, 5.41) is 17.7. The summed E-state index contributed by atoms with van der Waals surface area (Å²) < 4.78 is 141. The highest BCUT2D eigenvalue weighted by Gasteiger charge is 2.78. The highest BCUT2D eigenvalue weighted by Crippen LogP contribution is 2.73. The molecular formula is C110H150N2O35S2. The molecule has 39 heteroatoms. The maximum atomic E-state index is 14.0. The first-order chi connectivity index (χ1) is 70.6. The van der Waals surface area contributed by atoms with Crippen LogP contribution in [0.5, 0.6) is 0 Å². The number of rotatable bonds is 28. The van der Waals surface area contributed by atoms with Gasteiger partial charge in [-0.3, -0.25) is 65.9 Å². The predicted molar refractivity (Wildman–Crippen MR) is 514 cm³/mol. The Labute approximate surface area is 871 Å². The molecule has 17 saturated carbocycles. The van der Waals surface area contributed by atoms with Gasteiger partial charge in [-0.1, -0.05) is 83.1 Å². The molecule has 8 saturated heterocycles. The van der Waals surface area contributed by atoms with Gasteiger partial charge in [0, 0.05) is 59.7 Å². The third-order valence-corrected chi connectivity index (χ3v) is 45.1. The standard InChI is InChI=1S/C31H42O8.C29H40O8.C14H17NO4.C13H15NO5.C12H18O5S.C11H18O5S/c1-5-30(3,4)29(35)36-13-20(32)37-25-18-11-17-23(27(33)38-26(17)25)24(18)28(34)39-31(6-2)12-16-10-19(31)22-15-8-7-14(9-15)21(16)22;1-5-28(3,4)27(33)34-13-20(30)35-23-19-12-18-21(25(31)36-24(18)23)22(19)26(32)37-29(6-2)16-8-14-7-15(10-16)11-17(29)9-14;1-3-7(2)12(16)18-10-8-4-9-11(10)19-13(17)14(9,5-8)6-15;1-3-6(2)11(15)18-8-7-4-13(5-14)10(17-7)9(8)19-12(13)16;1-3-6(2)12(13)16-10-7-4-8-9(5-7)18(14,15)17-11(8)10;1-3-7(2)11(12)15-9-5-4-8-6-10(9)16-17(8,13)14/h14-19,21-26H,5-13H2,1-4H3;14-19,21-24H,5-13H2,1-4H3;7-11H,3-5H2,1-2H3;6-10H,3-4H2,1-2H3;6-11H,3-5H2,1-2H3;7-10H,3-6H2,1-2H3. The van der Waals surface area contributed by atoms with E-state index in [1.165, 1.54) is 32.1 Å². The summed E-state index contributed by atoms with van der Waals surface area (Å²) in [5.74, 6) is -2.85. The molecule has 8 aliphatic heterocycles. The molecule has 8 heterocycles. The summed E-state index contributed by atoms with van der Waals surface area (Å²) in [5.41, 5.74) is -4.42. The number of nitrogens with zero attached hydrogens (tertiary/aromatic N) is 2. The van der Waals surface area contributed by atoms with Crippen molar-refractivity contribution in [2.24, 2.45) is 176 Å². The van der Waals surface area contributed by atoms with E-state index >= 15 is 0 Å². The first-order valence-electron chi connectivity index (χ1n) is 55.8. The van der Waals surface area contributed by atoms with Crippen LogP contribution >= 0.6 is 0 Å². The maximum absolute atomic E-state index is 14.0. The van der Waals surface area contributed by atoms with Crippen molar-refractivity contribution >= 4 is 104 Å². The molecule has 41 unspecified atom stereocenters. The highest BCUT2D eigenvalue weighted by atomic mass is 32.2. The average Bonchev–Trinajstić information content (AvgIpc) is 1.73. The number of hydrogen-bond donors (Lipinski definition) is 0. The normalized spacial score (nSPS) is 44.4. The van der Waals surface area contributed by atoms with Crippen LogP contribution in [0.1, 0.15) is 291 Å². The largest absolute Gasteiger partial charge is 0.459 e. The van der Waals surface area contributed by atoms with Crippen molar-refractivity contribution < 1.29 is 163 Å². The van der Waals surface area contributed by atoms with Gasteiger partial charge in [0.15, 0.2) is 36.3 Å². The number of hydrogen-bond acceptors (Lipinski definition) is 37. The fourth-order valence-corrected chi connectivity index (χ4v) is 35.7. The molecule has 25 fully saturated rings. The molecule has 25 rings (SSSR count). The van der Waals surface area contributed by atoms with E-state index in [0.717, 1.165) is 107 Å². The van der Waals surface area contributed by atoms with Crippen LogP contribution < -0.4 is 0 Å². The molecule has 149 heavy (non-hydrogen) atoms. The zero-order valence-corrected chi connectivity index (χ0v) is 90.1. The second-order valence-electron chi connectivity index (χ2n) is 49.7. The monoisotopic (exact) mass is 2120 g/mol. The smallest absolute Gasteiger partial charge is 0.344 e. The van der Waals surface area contributed by atoms with Crippen LogP contribution in [-0.4, -0.2) is 221 Å². The molecule has 0 radical (unpaired) electrons. The van der Waals surface area contributed by atoms with Crippen molar-refractivity contribution in [1.29, 1.82) is 10.5 Å². The first-order valence-corrected chi connectivity index (χ1v) is 58.7. The molecular weight excluding hydrogens is 1970 g/mol. The van der Waals surface area contributed by atoms with Gasteiger partial charge < -0.3 is 71.1 Å². The van der Waals surface area contributed by atoms with Crippen LogP contribution in [-0.2, 0) is 167 Å². The van der Waals surface area contributed by atoms with Crippen molar-refractivity contribution in [2.75, 3.05) is 13.2 Å². The molecule has 20 bridgehead atoms. The lowest BCUT2D eigenvalue weighted by atomic mass is 9.49. The zero-order valence-electron chi connectivity index (χ0n) is 88.5. The molecule has 25 aliphatic rings. The van der Waals surface area contributed by atoms with Gasteiger partial charge in [0.1, 0.15) is 84.4 Å². The average molecular weight is 2120 g/mol. The van der Waals surface area contributed by atoms with Gasteiger partial charge in [-0.2, -0.15) is 27.4 Å². The lowest BCUT2D eigenvalue weighted by Crippen LogP contribution is -2.60. The molecule has 41 atom stereocenters. The topological polar surface area (TPSA) is 512 Å². The first kappa shape index (κ1) is 109. The Bertz CT molecular complexity index is 5510. The number of carbonyl (C=O) groups excluding carboxylic acids is 14. The van der Waals surface area contributed by atoms with E-state index in [2.05, 4.69) is 19.9 Å². The van der Waals surface area contributed by atoms with E-state index in [0.29, 0.717) is 93.8 Å². The number of nitriles is 2. The van der Waals surface area contributed by atoms with Crippen molar-refractivity contribution in [3.63, 3.8) is 0 Å². The Hall–Kier alpha value is -8.66. The van der Waals surface area contributed by atoms with Crippen molar-refractivity contribution in [3.8, 4) is 12.1 Å². The van der Waals surface area contributed by atoms with Crippen molar-refractivity contribution in [1.82, 2.24) is 0 Å². The summed E-state index contributed by atoms with van der Waals surface area (Å²) in [6, 6.07) is 4.16. The zero-order chi connectivity index (χ0) is 107. The summed E-state index contributed by atoms with van der Waals surface area (Å²) >= 11 is 0. The van der Waals surface area contributed by atoms with E-state index in [1.54, 1.807) is 41.5 Å². The van der Waals surface area contributed by atoms with Crippen LogP contribution in [0.25, 0.3) is 0 Å². The summed E-state index contributed by atoms with van der Waals surface area (Å²) in [4.78, 5) is 174. The number of ether oxygens (including phenoxy) is 15. The van der Waals surface area contributed by atoms with Gasteiger partial charge in [0.05, 0.1) is 80.8 Å². The maximum Gasteiger partial charge on any atom is 0.344 e. The minimum atomic E-state index is -3.42. The lowest BCUT2D eigenvalue weighted by Gasteiger charge is -2.60. The van der Waals surface area contributed by atoms with Crippen molar-refractivity contribution in [3.05, 3.63) is 0 Å². The van der Waals surface area contributed by atoms with Gasteiger partial charge >= 0.3 is 83.6 Å². The summed E-state index contributed by atoms with van der Waals surface area (Å²) in [7, 11) is -6.83. The second-order valence-corrected chi connectivity index (χ2v) is 53.3. The van der Waals surface area contributed by atoms with E-state index in [9.17, 15) is 94.5 Å². The molecule has 822 valence electrons. The number of fused-ring (bicyclic) bond motifs is 16. The summed E-state index contributed by atoms with van der Waals surface area (Å²) in [6.45, 7) is 29.0. The van der Waals surface area contributed by atoms with Crippen LogP contribution in [0.2, 0.25) is 0 Å². The molecule has 0 spiro atoms. The molecule has 0 amide bonds. The third kappa shape index (κ3) is 18.4. The molecule has 0 N–H and O–H groups in total. The predicted octanol–water partition coefficient (Wildman–Crippen LogP) is 12.2. The van der Waals surface area contributed by atoms with Crippen LogP contribution in [0, 0.1) is 198 Å². The fraction of sp³-hybridized carbons (Fsp3) is 0.855. The van der Waals surface area contributed by atoms with Crippen LogP contribution in [0.3, 0.4) is 0 Å². The Morgan fingerprint density at radius 3 is 1.42 bits per heavy atom. The SMILES string of the molecule is CCC(C)(C)C(=O)OCC(=O)OC1C2CC3C1OC(=O)C3C2C(=O)OC1(CC)C2CC3CC(C2)CC1C3.CCC(C)(C)C(=O)OCC(=O)OC1C2CC3C1OC(=O)C3C2C(=O)OC1(CC)CC2CC1C1C3CCC(C3)C21.CCC(C)C(=O)OC1C2CC3(C#N)C(=O)OC1C3O2.CCC(C)C(=O)OC1C2CC3C1OC(=O)C3(C#N)C2.CCC(C)C(=O)OC1C2CC3C1OS(=O)(=O)C3C2.CCC(C)C(=O)OC1CCC2CC1OS2(=O)=O. The third-order valence-electron chi connectivity index (χ3n) is 41.6. The molecule has 0 aromatic heterocycles. The number of esters is 14. The Kier molecular flexibility index (Phi) is 29.6.